The molecule has 1 amide bonds. The van der Waals surface area contributed by atoms with Crippen LogP contribution in [0.5, 0.6) is 0 Å². The number of amides is 1. The van der Waals surface area contributed by atoms with Gasteiger partial charge in [0.25, 0.3) is 5.91 Å². The molecule has 2 saturated carbocycles. The lowest BCUT2D eigenvalue weighted by atomic mass is 9.70. The molecule has 2 fully saturated rings. The molecule has 0 aliphatic heterocycles. The van der Waals surface area contributed by atoms with Crippen molar-refractivity contribution in [1.82, 2.24) is 10.1 Å². The Labute approximate surface area is 177 Å². The Kier molecular flexibility index (Phi) is 6.06. The number of rotatable bonds is 7. The van der Waals surface area contributed by atoms with E-state index in [9.17, 15) is 18.0 Å². The molecule has 1 aromatic rings. The van der Waals surface area contributed by atoms with Crippen molar-refractivity contribution in [3.8, 4) is 0 Å². The molecule has 0 radical (unpaired) electrons. The normalized spacial score (nSPS) is 26.0. The monoisotopic (exact) mass is 435 g/mol. The van der Waals surface area contributed by atoms with E-state index in [1.54, 1.807) is 6.92 Å². The van der Waals surface area contributed by atoms with Crippen LogP contribution in [0.4, 0.5) is 0 Å². The summed E-state index contributed by atoms with van der Waals surface area (Å²) < 4.78 is 31.5. The van der Waals surface area contributed by atoms with Crippen LogP contribution in [0.1, 0.15) is 57.3 Å². The number of benzene rings is 1. The summed E-state index contributed by atoms with van der Waals surface area (Å²) in [4.78, 5) is 24.3. The van der Waals surface area contributed by atoms with Crippen molar-refractivity contribution in [2.75, 3.05) is 13.2 Å². The molecule has 9 heteroatoms. The Morgan fingerprint density at radius 3 is 2.60 bits per heavy atom. The minimum Gasteiger partial charge on any atom is -0.452 e. The SMILES string of the molecule is CCNS(=O)(=O)c1cccc(C(=O)OCC(=O)N/N=C2/C[C@@H]3CC[C@]2(C)C3(C)C)c1. The van der Waals surface area contributed by atoms with E-state index in [1.165, 1.54) is 30.7 Å². The smallest absolute Gasteiger partial charge is 0.338 e. The fourth-order valence-electron chi connectivity index (χ4n) is 4.54. The van der Waals surface area contributed by atoms with E-state index in [-0.39, 0.29) is 27.8 Å². The highest BCUT2D eigenvalue weighted by molar-refractivity contribution is 7.89. The summed E-state index contributed by atoms with van der Waals surface area (Å²) >= 11 is 0. The lowest BCUT2D eigenvalue weighted by Gasteiger charge is -2.34. The third-order valence-electron chi connectivity index (χ3n) is 6.88. The maximum atomic E-state index is 12.2. The van der Waals surface area contributed by atoms with Crippen molar-refractivity contribution in [1.29, 1.82) is 0 Å². The van der Waals surface area contributed by atoms with Crippen molar-refractivity contribution in [2.45, 2.75) is 51.9 Å². The summed E-state index contributed by atoms with van der Waals surface area (Å²) in [5.41, 5.74) is 3.67. The molecule has 2 aliphatic rings. The molecule has 0 spiro atoms. The average Bonchev–Trinajstić information content (AvgIpc) is 3.04. The highest BCUT2D eigenvalue weighted by Gasteiger charge is 2.60. The first kappa shape index (κ1) is 22.4. The van der Waals surface area contributed by atoms with E-state index in [0.29, 0.717) is 5.92 Å². The molecule has 2 N–H and O–H groups in total. The van der Waals surface area contributed by atoms with Crippen LogP contribution in [-0.2, 0) is 19.6 Å². The van der Waals surface area contributed by atoms with Gasteiger partial charge in [0, 0.05) is 17.7 Å². The number of carbonyl (C=O) groups excluding carboxylic acids is 2. The number of nitrogens with one attached hydrogen (secondary N) is 2. The minimum atomic E-state index is -3.69. The molecule has 2 aliphatic carbocycles. The van der Waals surface area contributed by atoms with E-state index >= 15 is 0 Å². The molecule has 3 rings (SSSR count). The van der Waals surface area contributed by atoms with Gasteiger partial charge >= 0.3 is 5.97 Å². The molecule has 0 unspecified atom stereocenters. The Morgan fingerprint density at radius 1 is 1.27 bits per heavy atom. The van der Waals surface area contributed by atoms with Gasteiger partial charge in [-0.15, -0.1) is 0 Å². The van der Waals surface area contributed by atoms with Gasteiger partial charge in [-0.1, -0.05) is 33.8 Å². The minimum absolute atomic E-state index is 0.0277. The van der Waals surface area contributed by atoms with Crippen LogP contribution >= 0.6 is 0 Å². The van der Waals surface area contributed by atoms with Crippen molar-refractivity contribution >= 4 is 27.6 Å². The number of hydrazone groups is 1. The fourth-order valence-corrected chi connectivity index (χ4v) is 5.62. The molecule has 0 saturated heterocycles. The van der Waals surface area contributed by atoms with Crippen LogP contribution in [0.15, 0.2) is 34.3 Å². The van der Waals surface area contributed by atoms with Crippen molar-refractivity contribution in [3.63, 3.8) is 0 Å². The summed E-state index contributed by atoms with van der Waals surface area (Å²) in [5.74, 6) is -0.738. The number of hydrogen-bond donors (Lipinski definition) is 2. The molecular formula is C21H29N3O5S. The lowest BCUT2D eigenvalue weighted by molar-refractivity contribution is -0.124. The van der Waals surface area contributed by atoms with E-state index in [1.807, 2.05) is 0 Å². The van der Waals surface area contributed by atoms with Gasteiger partial charge in [0.2, 0.25) is 10.0 Å². The summed E-state index contributed by atoms with van der Waals surface area (Å²) in [5, 5.41) is 4.33. The molecular weight excluding hydrogens is 406 g/mol. The van der Waals surface area contributed by atoms with Crippen LogP contribution in [-0.4, -0.2) is 39.2 Å². The van der Waals surface area contributed by atoms with E-state index in [4.69, 9.17) is 4.74 Å². The second-order valence-corrected chi connectivity index (χ2v) is 10.5. The van der Waals surface area contributed by atoms with Crippen molar-refractivity contribution in [2.24, 2.45) is 21.8 Å². The first-order chi connectivity index (χ1) is 14.0. The molecule has 30 heavy (non-hydrogen) atoms. The predicted molar refractivity (Wildman–Crippen MR) is 112 cm³/mol. The lowest BCUT2D eigenvalue weighted by Crippen LogP contribution is -2.34. The molecule has 0 aromatic heterocycles. The fraction of sp³-hybridized carbons (Fsp3) is 0.571. The number of nitrogens with zero attached hydrogens (tertiary/aromatic N) is 1. The largest absolute Gasteiger partial charge is 0.452 e. The van der Waals surface area contributed by atoms with Gasteiger partial charge in [0.15, 0.2) is 6.61 Å². The van der Waals surface area contributed by atoms with Gasteiger partial charge in [-0.05, 0) is 48.8 Å². The van der Waals surface area contributed by atoms with Gasteiger partial charge in [0.1, 0.15) is 0 Å². The predicted octanol–water partition coefficient (Wildman–Crippen LogP) is 2.46. The second-order valence-electron chi connectivity index (χ2n) is 8.69. The maximum Gasteiger partial charge on any atom is 0.338 e. The number of ether oxygens (including phenoxy) is 1. The first-order valence-corrected chi connectivity index (χ1v) is 11.6. The number of sulfonamides is 1. The summed E-state index contributed by atoms with van der Waals surface area (Å²) in [6.07, 6.45) is 3.10. The van der Waals surface area contributed by atoms with Crippen LogP contribution in [0.25, 0.3) is 0 Å². The van der Waals surface area contributed by atoms with E-state index in [0.717, 1.165) is 18.6 Å². The number of fused-ring (bicyclic) bond motifs is 2. The molecule has 164 valence electrons. The summed E-state index contributed by atoms with van der Waals surface area (Å²) in [6.45, 7) is 8.09. The number of carbonyl (C=O) groups is 2. The van der Waals surface area contributed by atoms with Gasteiger partial charge in [-0.25, -0.2) is 23.4 Å². The molecule has 0 heterocycles. The first-order valence-electron chi connectivity index (χ1n) is 10.1. The van der Waals surface area contributed by atoms with Gasteiger partial charge < -0.3 is 4.74 Å². The third-order valence-corrected chi connectivity index (χ3v) is 8.42. The zero-order valence-corrected chi connectivity index (χ0v) is 18.6. The Hall–Kier alpha value is -2.26. The standard InChI is InChI=1S/C21H29N3O5S/c1-5-22-30(27,28)16-8-6-7-14(11-16)19(26)29-13-18(25)24-23-17-12-15-9-10-21(17,4)20(15,2)3/h6-8,11,15,22H,5,9-10,12-13H2,1-4H3,(H,24,25)/b23-17-/t15-,21-/m0/s1. The van der Waals surface area contributed by atoms with Gasteiger partial charge in [-0.2, -0.15) is 5.10 Å². The Bertz CT molecular complexity index is 986. The van der Waals surface area contributed by atoms with Crippen LogP contribution < -0.4 is 10.1 Å². The molecule has 1 aromatic carbocycles. The topological polar surface area (TPSA) is 114 Å². The van der Waals surface area contributed by atoms with Gasteiger partial charge in [-0.3, -0.25) is 4.79 Å². The number of esters is 1. The van der Waals surface area contributed by atoms with Crippen LogP contribution in [0.3, 0.4) is 0 Å². The Morgan fingerprint density at radius 2 is 2.00 bits per heavy atom. The summed E-state index contributed by atoms with van der Waals surface area (Å²) in [7, 11) is -3.69. The van der Waals surface area contributed by atoms with E-state index < -0.39 is 28.5 Å². The van der Waals surface area contributed by atoms with Crippen molar-refractivity contribution in [3.05, 3.63) is 29.8 Å². The number of hydrogen-bond acceptors (Lipinski definition) is 6. The van der Waals surface area contributed by atoms with Crippen molar-refractivity contribution < 1.29 is 22.7 Å². The average molecular weight is 436 g/mol. The Balaban J connectivity index is 1.58. The van der Waals surface area contributed by atoms with Crippen LogP contribution in [0.2, 0.25) is 0 Å². The maximum absolute atomic E-state index is 12.2. The van der Waals surface area contributed by atoms with E-state index in [2.05, 4.69) is 36.0 Å². The molecule has 8 nitrogen and oxygen atoms in total. The zero-order valence-electron chi connectivity index (χ0n) is 17.8. The molecule has 2 bridgehead atoms. The second kappa shape index (κ2) is 8.11. The third kappa shape index (κ3) is 4.00. The highest BCUT2D eigenvalue weighted by Crippen LogP contribution is 2.63. The van der Waals surface area contributed by atoms with Gasteiger partial charge in [0.05, 0.1) is 10.5 Å². The molecule has 2 atom stereocenters. The van der Waals surface area contributed by atoms with Crippen LogP contribution in [0, 0.1) is 16.7 Å². The highest BCUT2D eigenvalue weighted by atomic mass is 32.2. The zero-order chi connectivity index (χ0) is 22.2. The quantitative estimate of drug-likeness (QED) is 0.504. The summed E-state index contributed by atoms with van der Waals surface area (Å²) in [6, 6.07) is 5.49.